The molecule has 0 N–H and O–H groups in total. The molecule has 0 saturated carbocycles. The molecule has 0 spiro atoms. The van der Waals surface area contributed by atoms with Crippen molar-refractivity contribution >= 4 is 17.6 Å². The largest absolute Gasteiger partial charge is 0.462 e. The van der Waals surface area contributed by atoms with Crippen LogP contribution in [-0.4, -0.2) is 12.6 Å². The van der Waals surface area contributed by atoms with Crippen molar-refractivity contribution in [2.45, 2.75) is 72.1 Å². The minimum Gasteiger partial charge on any atom is -0.462 e. The summed E-state index contributed by atoms with van der Waals surface area (Å²) in [6.45, 7) is 16.0. The number of carbonyl (C=O) groups is 1. The van der Waals surface area contributed by atoms with Crippen LogP contribution in [0.2, 0.25) is 0 Å². The number of carbonyl (C=O) groups excluding carboxylic acids is 1. The number of benzene rings is 2. The molecule has 2 heteroatoms. The Bertz CT molecular complexity index is 960. The average molecular weight is 391 g/mol. The molecule has 154 valence electrons. The van der Waals surface area contributed by atoms with Crippen molar-refractivity contribution in [3.63, 3.8) is 0 Å². The Morgan fingerprint density at radius 3 is 2.28 bits per heavy atom. The van der Waals surface area contributed by atoms with Gasteiger partial charge in [-0.15, -0.1) is 0 Å². The summed E-state index contributed by atoms with van der Waals surface area (Å²) >= 11 is 0. The fourth-order valence-electron chi connectivity index (χ4n) is 4.44. The molecular weight excluding hydrogens is 356 g/mol. The van der Waals surface area contributed by atoms with Gasteiger partial charge in [-0.2, -0.15) is 0 Å². The van der Waals surface area contributed by atoms with E-state index in [2.05, 4.69) is 59.8 Å². The molecule has 29 heavy (non-hydrogen) atoms. The van der Waals surface area contributed by atoms with Crippen LogP contribution in [0.4, 0.5) is 0 Å². The van der Waals surface area contributed by atoms with Gasteiger partial charge in [0.15, 0.2) is 0 Å². The maximum atomic E-state index is 12.1. The van der Waals surface area contributed by atoms with Gasteiger partial charge in [-0.1, -0.05) is 58.0 Å². The van der Waals surface area contributed by atoms with Crippen LogP contribution >= 0.6 is 0 Å². The number of allylic oxidation sites excluding steroid dienone is 1. The van der Waals surface area contributed by atoms with E-state index >= 15 is 0 Å². The number of hydrogen-bond acceptors (Lipinski definition) is 2. The molecule has 3 rings (SSSR count). The monoisotopic (exact) mass is 390 g/mol. The maximum absolute atomic E-state index is 12.1. The van der Waals surface area contributed by atoms with Crippen molar-refractivity contribution < 1.29 is 9.53 Å². The predicted molar refractivity (Wildman–Crippen MR) is 122 cm³/mol. The van der Waals surface area contributed by atoms with E-state index in [4.69, 9.17) is 4.74 Å². The average Bonchev–Trinajstić information content (AvgIpc) is 2.65. The zero-order valence-electron chi connectivity index (χ0n) is 19.0. The van der Waals surface area contributed by atoms with E-state index < -0.39 is 0 Å². The molecule has 0 unspecified atom stereocenters. The van der Waals surface area contributed by atoms with Crippen molar-refractivity contribution in [3.05, 3.63) is 69.8 Å². The lowest BCUT2D eigenvalue weighted by Gasteiger charge is -2.42. The molecule has 0 saturated heterocycles. The smallest absolute Gasteiger partial charge is 0.338 e. The lowest BCUT2D eigenvalue weighted by Crippen LogP contribution is -2.34. The highest BCUT2D eigenvalue weighted by Gasteiger charge is 2.37. The van der Waals surface area contributed by atoms with Crippen LogP contribution < -0.4 is 0 Å². The molecule has 0 atom stereocenters. The molecule has 2 nitrogen and oxygen atoms in total. The van der Waals surface area contributed by atoms with E-state index in [1.165, 1.54) is 40.7 Å². The van der Waals surface area contributed by atoms with Crippen molar-refractivity contribution in [1.82, 2.24) is 0 Å². The Labute approximate surface area is 176 Å². The van der Waals surface area contributed by atoms with Gasteiger partial charge in [0.2, 0.25) is 0 Å². The second-order valence-corrected chi connectivity index (χ2v) is 9.65. The molecule has 2 aromatic rings. The second kappa shape index (κ2) is 7.82. The number of hydrogen-bond donors (Lipinski definition) is 0. The van der Waals surface area contributed by atoms with E-state index in [9.17, 15) is 4.79 Å². The summed E-state index contributed by atoms with van der Waals surface area (Å²) in [5, 5.41) is 0. The second-order valence-electron chi connectivity index (χ2n) is 9.65. The maximum Gasteiger partial charge on any atom is 0.338 e. The van der Waals surface area contributed by atoms with Gasteiger partial charge in [-0.3, -0.25) is 0 Å². The van der Waals surface area contributed by atoms with Crippen LogP contribution in [0.15, 0.2) is 36.4 Å². The van der Waals surface area contributed by atoms with Crippen molar-refractivity contribution in [1.29, 1.82) is 0 Å². The summed E-state index contributed by atoms with van der Waals surface area (Å²) in [4.78, 5) is 12.1. The summed E-state index contributed by atoms with van der Waals surface area (Å²) in [6, 6.07) is 12.5. The van der Waals surface area contributed by atoms with Gasteiger partial charge in [-0.05, 0) is 90.0 Å². The van der Waals surface area contributed by atoms with Gasteiger partial charge in [0.05, 0.1) is 12.2 Å². The van der Waals surface area contributed by atoms with Crippen LogP contribution in [0, 0.1) is 6.92 Å². The Hall–Kier alpha value is -2.35. The lowest BCUT2D eigenvalue weighted by atomic mass is 9.62. The van der Waals surface area contributed by atoms with Crippen LogP contribution in [0.5, 0.6) is 0 Å². The number of ether oxygens (including phenoxy) is 1. The van der Waals surface area contributed by atoms with E-state index in [1.807, 2.05) is 25.1 Å². The molecule has 0 amide bonds. The van der Waals surface area contributed by atoms with Gasteiger partial charge in [0.25, 0.3) is 0 Å². The zero-order valence-corrected chi connectivity index (χ0v) is 19.0. The van der Waals surface area contributed by atoms with Gasteiger partial charge < -0.3 is 4.74 Å². The molecule has 0 aromatic heterocycles. The highest BCUT2D eigenvalue weighted by molar-refractivity contribution is 5.91. The third-order valence-electron chi connectivity index (χ3n) is 6.40. The third-order valence-corrected chi connectivity index (χ3v) is 6.40. The van der Waals surface area contributed by atoms with E-state index in [1.54, 1.807) is 6.07 Å². The molecule has 1 aliphatic carbocycles. The summed E-state index contributed by atoms with van der Waals surface area (Å²) in [7, 11) is 0. The predicted octanol–water partition coefficient (Wildman–Crippen LogP) is 7.08. The number of rotatable bonds is 4. The van der Waals surface area contributed by atoms with Gasteiger partial charge in [0, 0.05) is 0 Å². The van der Waals surface area contributed by atoms with Crippen molar-refractivity contribution in [3.8, 4) is 0 Å². The first-order valence-electron chi connectivity index (χ1n) is 10.7. The number of fused-ring (bicyclic) bond motifs is 1. The van der Waals surface area contributed by atoms with E-state index in [0.717, 1.165) is 5.56 Å². The molecule has 1 aliphatic rings. The normalized spacial score (nSPS) is 17.6. The Kier molecular flexibility index (Phi) is 5.76. The van der Waals surface area contributed by atoms with Crippen LogP contribution in [0.1, 0.15) is 92.6 Å². The summed E-state index contributed by atoms with van der Waals surface area (Å²) in [5.41, 5.74) is 8.81. The molecule has 0 bridgehead atoms. The zero-order chi connectivity index (χ0) is 21.4. The first-order chi connectivity index (χ1) is 13.5. The van der Waals surface area contributed by atoms with Crippen molar-refractivity contribution in [2.24, 2.45) is 0 Å². The molecule has 0 radical (unpaired) electrons. The quantitative estimate of drug-likeness (QED) is 0.412. The molecule has 0 heterocycles. The fraction of sp³-hybridized carbons (Fsp3) is 0.444. The topological polar surface area (TPSA) is 26.3 Å². The third kappa shape index (κ3) is 4.32. The van der Waals surface area contributed by atoms with E-state index in [-0.39, 0.29) is 16.8 Å². The molecule has 0 fully saturated rings. The van der Waals surface area contributed by atoms with Crippen molar-refractivity contribution in [2.75, 3.05) is 6.61 Å². The first kappa shape index (κ1) is 21.4. The summed E-state index contributed by atoms with van der Waals surface area (Å²) < 4.78 is 5.14. The number of aryl methyl sites for hydroxylation is 1. The lowest BCUT2D eigenvalue weighted by molar-refractivity contribution is 0.0526. The minimum absolute atomic E-state index is 0.192. The van der Waals surface area contributed by atoms with Crippen LogP contribution in [0.25, 0.3) is 11.6 Å². The van der Waals surface area contributed by atoms with Gasteiger partial charge >= 0.3 is 5.97 Å². The number of esters is 1. The fourth-order valence-corrected chi connectivity index (χ4v) is 4.44. The Balaban J connectivity index is 2.03. The highest BCUT2D eigenvalue weighted by Crippen LogP contribution is 2.47. The highest BCUT2D eigenvalue weighted by atomic mass is 16.5. The first-order valence-corrected chi connectivity index (χ1v) is 10.7. The molecule has 2 aromatic carbocycles. The SMILES string of the molecule is CCOC(=O)c1cccc(/C=C(\C)c2cc3c(cc2C)C(C)(C)CCC3(C)C)c1. The Morgan fingerprint density at radius 1 is 1.03 bits per heavy atom. The summed E-state index contributed by atoms with van der Waals surface area (Å²) in [6.07, 6.45) is 4.60. The Morgan fingerprint density at radius 2 is 1.66 bits per heavy atom. The standard InChI is InChI=1S/C27H34O2/c1-8-29-25(28)21-11-9-10-20(16-21)14-18(2)22-17-24-23(15-19(22)3)26(4,5)12-13-27(24,6)7/h9-11,14-17H,8,12-13H2,1-7H3/b18-14+. The van der Waals surface area contributed by atoms with Gasteiger partial charge in [0.1, 0.15) is 0 Å². The molecule has 0 aliphatic heterocycles. The van der Waals surface area contributed by atoms with E-state index in [0.29, 0.717) is 12.2 Å². The minimum atomic E-state index is -0.269. The van der Waals surface area contributed by atoms with Gasteiger partial charge in [-0.25, -0.2) is 4.79 Å². The molecular formula is C27H34O2. The van der Waals surface area contributed by atoms with Crippen LogP contribution in [-0.2, 0) is 15.6 Å². The summed E-state index contributed by atoms with van der Waals surface area (Å²) in [5.74, 6) is -0.269. The van der Waals surface area contributed by atoms with Crippen LogP contribution in [0.3, 0.4) is 0 Å².